The van der Waals surface area contributed by atoms with Crippen LogP contribution in [0.25, 0.3) is 10.8 Å². The topological polar surface area (TPSA) is 72.4 Å². The summed E-state index contributed by atoms with van der Waals surface area (Å²) < 4.78 is 11.0. The minimum Gasteiger partial charge on any atom is -0.467 e. The summed E-state index contributed by atoms with van der Waals surface area (Å²) in [5, 5.41) is 10.4. The van der Waals surface area contributed by atoms with Crippen LogP contribution in [0, 0.1) is 0 Å². The number of rotatable bonds is 7. The molecule has 4 aromatic rings. The van der Waals surface area contributed by atoms with E-state index in [1.165, 1.54) is 23.1 Å². The molecule has 0 unspecified atom stereocenters. The molecule has 3 aromatic heterocycles. The number of carbonyl (C=O) groups is 1. The van der Waals surface area contributed by atoms with Crippen molar-refractivity contribution in [3.8, 4) is 10.8 Å². The van der Waals surface area contributed by atoms with Gasteiger partial charge < -0.3 is 13.7 Å². The van der Waals surface area contributed by atoms with Crippen LogP contribution in [0.15, 0.2) is 80.3 Å². The molecule has 0 atom stereocenters. The Morgan fingerprint density at radius 1 is 1.07 bits per heavy atom. The molecule has 1 amide bonds. The molecule has 0 N–H and O–H groups in total. The van der Waals surface area contributed by atoms with E-state index in [4.69, 9.17) is 8.83 Å². The first-order valence-corrected chi connectivity index (χ1v) is 10.0. The van der Waals surface area contributed by atoms with Gasteiger partial charge in [-0.2, -0.15) is 0 Å². The number of furan rings is 1. The molecule has 0 saturated heterocycles. The maximum atomic E-state index is 12.9. The van der Waals surface area contributed by atoms with Gasteiger partial charge in [0.2, 0.25) is 5.91 Å². The van der Waals surface area contributed by atoms with Crippen LogP contribution in [0.4, 0.5) is 5.69 Å². The van der Waals surface area contributed by atoms with Crippen molar-refractivity contribution in [1.29, 1.82) is 0 Å². The second-order valence-electron chi connectivity index (χ2n) is 5.53. The van der Waals surface area contributed by atoms with Gasteiger partial charge in [0.05, 0.1) is 23.4 Å². The number of benzene rings is 1. The van der Waals surface area contributed by atoms with E-state index in [1.807, 2.05) is 60.0 Å². The number of aromatic nitrogens is 2. The maximum absolute atomic E-state index is 12.9. The van der Waals surface area contributed by atoms with Crippen LogP contribution in [-0.4, -0.2) is 21.9 Å². The molecular weight excluding hydrogens is 382 g/mol. The van der Waals surface area contributed by atoms with Crippen LogP contribution in [0.5, 0.6) is 0 Å². The first-order valence-electron chi connectivity index (χ1n) is 8.17. The highest BCUT2D eigenvalue weighted by Crippen LogP contribution is 2.27. The number of hydrogen-bond acceptors (Lipinski definition) is 7. The summed E-state index contributed by atoms with van der Waals surface area (Å²) in [6.45, 7) is 0.362. The van der Waals surface area contributed by atoms with Crippen molar-refractivity contribution in [1.82, 2.24) is 10.2 Å². The molecule has 0 spiro atoms. The summed E-state index contributed by atoms with van der Waals surface area (Å²) in [7, 11) is 0. The lowest BCUT2D eigenvalue weighted by Gasteiger charge is -2.21. The fourth-order valence-corrected chi connectivity index (χ4v) is 3.74. The van der Waals surface area contributed by atoms with E-state index >= 15 is 0 Å². The third kappa shape index (κ3) is 4.29. The molecule has 0 radical (unpaired) electrons. The monoisotopic (exact) mass is 397 g/mol. The average Bonchev–Trinajstić information content (AvgIpc) is 3.47. The van der Waals surface area contributed by atoms with Crippen molar-refractivity contribution in [3.63, 3.8) is 0 Å². The Hall–Kier alpha value is -2.84. The number of nitrogens with zero attached hydrogens (tertiary/aromatic N) is 3. The van der Waals surface area contributed by atoms with Crippen LogP contribution in [0.2, 0.25) is 0 Å². The van der Waals surface area contributed by atoms with Gasteiger partial charge in [0.1, 0.15) is 5.76 Å². The van der Waals surface area contributed by atoms with Crippen molar-refractivity contribution >= 4 is 34.7 Å². The first-order chi connectivity index (χ1) is 13.3. The van der Waals surface area contributed by atoms with Crippen LogP contribution in [-0.2, 0) is 11.3 Å². The summed E-state index contributed by atoms with van der Waals surface area (Å²) in [6, 6.07) is 17.0. The number of hydrogen-bond donors (Lipinski definition) is 0. The highest BCUT2D eigenvalue weighted by atomic mass is 32.2. The number of para-hydroxylation sites is 1. The van der Waals surface area contributed by atoms with Gasteiger partial charge in [-0.3, -0.25) is 4.79 Å². The first kappa shape index (κ1) is 17.6. The van der Waals surface area contributed by atoms with Crippen LogP contribution < -0.4 is 4.90 Å². The molecule has 0 aliphatic rings. The molecule has 3 heterocycles. The number of anilines is 1. The Morgan fingerprint density at radius 3 is 2.70 bits per heavy atom. The molecule has 0 saturated carbocycles. The molecule has 136 valence electrons. The summed E-state index contributed by atoms with van der Waals surface area (Å²) in [6.07, 6.45) is 1.60. The molecule has 4 rings (SSSR count). The fraction of sp³-hybridized carbons (Fsp3) is 0.105. The zero-order valence-corrected chi connectivity index (χ0v) is 15.8. The highest BCUT2D eigenvalue weighted by Gasteiger charge is 2.19. The van der Waals surface area contributed by atoms with Crippen molar-refractivity contribution in [2.24, 2.45) is 0 Å². The van der Waals surface area contributed by atoms with Gasteiger partial charge in [-0.25, -0.2) is 0 Å². The summed E-state index contributed by atoms with van der Waals surface area (Å²) in [5.74, 6) is 1.30. The van der Waals surface area contributed by atoms with Crippen molar-refractivity contribution in [2.75, 3.05) is 10.7 Å². The molecule has 1 aromatic carbocycles. The second-order valence-corrected chi connectivity index (χ2v) is 7.41. The number of thioether (sulfide) groups is 1. The molecule has 0 fully saturated rings. The van der Waals surface area contributed by atoms with Crippen LogP contribution >= 0.6 is 23.1 Å². The zero-order valence-electron chi connectivity index (χ0n) is 14.1. The minimum atomic E-state index is -0.0709. The Balaban J connectivity index is 1.45. The Morgan fingerprint density at radius 2 is 1.96 bits per heavy atom. The molecule has 8 heteroatoms. The second kappa shape index (κ2) is 8.24. The van der Waals surface area contributed by atoms with Gasteiger partial charge in [0.15, 0.2) is 0 Å². The number of carbonyl (C=O) groups excluding carboxylic acids is 1. The summed E-state index contributed by atoms with van der Waals surface area (Å²) in [5.41, 5.74) is 0.810. The molecule has 0 aliphatic carbocycles. The lowest BCUT2D eigenvalue weighted by Crippen LogP contribution is -2.31. The Kier molecular flexibility index (Phi) is 5.36. The van der Waals surface area contributed by atoms with E-state index in [-0.39, 0.29) is 11.7 Å². The number of thiophene rings is 1. The zero-order chi connectivity index (χ0) is 18.5. The van der Waals surface area contributed by atoms with Crippen LogP contribution in [0.1, 0.15) is 5.76 Å². The third-order valence-electron chi connectivity index (χ3n) is 3.72. The van der Waals surface area contributed by atoms with E-state index in [2.05, 4.69) is 10.2 Å². The lowest BCUT2D eigenvalue weighted by atomic mass is 10.2. The summed E-state index contributed by atoms with van der Waals surface area (Å²) in [4.78, 5) is 15.4. The predicted octanol–water partition coefficient (Wildman–Crippen LogP) is 4.72. The maximum Gasteiger partial charge on any atom is 0.277 e. The van der Waals surface area contributed by atoms with Gasteiger partial charge >= 0.3 is 0 Å². The Bertz CT molecular complexity index is 983. The van der Waals surface area contributed by atoms with Crippen LogP contribution in [0.3, 0.4) is 0 Å². The normalized spacial score (nSPS) is 10.8. The standard InChI is InChI=1S/C19H15N3O3S2/c23-17(13-27-19-21-20-18(25-19)16-9-5-11-26-16)22(12-15-8-4-10-24-15)14-6-2-1-3-7-14/h1-11H,12-13H2. The summed E-state index contributed by atoms with van der Waals surface area (Å²) >= 11 is 2.75. The average molecular weight is 397 g/mol. The van der Waals surface area contributed by atoms with Gasteiger partial charge in [0, 0.05) is 5.69 Å². The predicted molar refractivity (Wildman–Crippen MR) is 105 cm³/mol. The molecule has 0 bridgehead atoms. The highest BCUT2D eigenvalue weighted by molar-refractivity contribution is 7.99. The molecule has 0 aliphatic heterocycles. The molecular formula is C19H15N3O3S2. The number of amides is 1. The van der Waals surface area contributed by atoms with E-state index < -0.39 is 0 Å². The van der Waals surface area contributed by atoms with Crippen molar-refractivity contribution < 1.29 is 13.6 Å². The lowest BCUT2D eigenvalue weighted by molar-refractivity contribution is -0.116. The van der Waals surface area contributed by atoms with Crippen molar-refractivity contribution in [3.05, 3.63) is 72.0 Å². The van der Waals surface area contributed by atoms with E-state index in [0.717, 1.165) is 16.3 Å². The molecule has 27 heavy (non-hydrogen) atoms. The van der Waals surface area contributed by atoms with Gasteiger partial charge in [-0.05, 0) is 35.7 Å². The fourth-order valence-electron chi connectivity index (χ4n) is 2.46. The third-order valence-corrected chi connectivity index (χ3v) is 5.38. The SMILES string of the molecule is O=C(CSc1nnc(-c2cccs2)o1)N(Cc1ccco1)c1ccccc1. The molecule has 6 nitrogen and oxygen atoms in total. The van der Waals surface area contributed by atoms with E-state index in [9.17, 15) is 4.79 Å². The largest absolute Gasteiger partial charge is 0.467 e. The quantitative estimate of drug-likeness (QED) is 0.420. The Labute approximate surface area is 163 Å². The van der Waals surface area contributed by atoms with E-state index in [1.54, 1.807) is 11.2 Å². The smallest absolute Gasteiger partial charge is 0.277 e. The van der Waals surface area contributed by atoms with E-state index in [0.29, 0.717) is 17.7 Å². The van der Waals surface area contributed by atoms with Gasteiger partial charge in [-0.1, -0.05) is 36.0 Å². The minimum absolute atomic E-state index is 0.0709. The van der Waals surface area contributed by atoms with Gasteiger partial charge in [0.25, 0.3) is 11.1 Å². The van der Waals surface area contributed by atoms with Crippen molar-refractivity contribution in [2.45, 2.75) is 11.8 Å². The van der Waals surface area contributed by atoms with Gasteiger partial charge in [-0.15, -0.1) is 21.5 Å².